The smallest absolute Gasteiger partial charge is 0.323 e. The third-order valence-corrected chi connectivity index (χ3v) is 2.92. The molecule has 0 aliphatic rings. The number of hydrogen-bond acceptors (Lipinski definition) is 4. The van der Waals surface area contributed by atoms with Gasteiger partial charge in [-0.2, -0.15) is 10.2 Å². The summed E-state index contributed by atoms with van der Waals surface area (Å²) >= 11 is 0. The molecule has 100 valence electrons. The summed E-state index contributed by atoms with van der Waals surface area (Å²) in [7, 11) is 0. The Bertz CT molecular complexity index is 600. The summed E-state index contributed by atoms with van der Waals surface area (Å²) in [6, 6.07) is 7.60. The minimum Gasteiger partial charge on any atom is -0.480 e. The number of anilines is 1. The van der Waals surface area contributed by atoms with Crippen LogP contribution in [0, 0.1) is 0 Å². The van der Waals surface area contributed by atoms with E-state index in [-0.39, 0.29) is 12.1 Å². The van der Waals surface area contributed by atoms with Crippen molar-refractivity contribution in [3.63, 3.8) is 0 Å². The van der Waals surface area contributed by atoms with Crippen LogP contribution in [0.4, 0.5) is 5.69 Å². The van der Waals surface area contributed by atoms with Gasteiger partial charge in [0, 0.05) is 10.9 Å². The lowest BCUT2D eigenvalue weighted by molar-refractivity contribution is -0.135. The fourth-order valence-electron chi connectivity index (χ4n) is 2.03. The van der Waals surface area contributed by atoms with Crippen LogP contribution < -0.4 is 4.90 Å². The van der Waals surface area contributed by atoms with Gasteiger partial charge in [-0.1, -0.05) is 18.2 Å². The van der Waals surface area contributed by atoms with Gasteiger partial charge in [0.05, 0.1) is 17.4 Å². The van der Waals surface area contributed by atoms with Crippen molar-refractivity contribution in [2.45, 2.75) is 26.3 Å². The van der Waals surface area contributed by atoms with Crippen LogP contribution in [0.15, 0.2) is 30.5 Å². The first-order valence-electron chi connectivity index (χ1n) is 6.09. The van der Waals surface area contributed by atoms with Crippen LogP contribution in [0.25, 0.3) is 10.9 Å². The largest absolute Gasteiger partial charge is 0.480 e. The molecule has 1 aromatic carbocycles. The van der Waals surface area contributed by atoms with Crippen molar-refractivity contribution in [1.29, 1.82) is 0 Å². The van der Waals surface area contributed by atoms with Gasteiger partial charge in [-0.05, 0) is 26.8 Å². The lowest BCUT2D eigenvalue weighted by atomic mass is 10.0. The molecule has 2 rings (SSSR count). The molecule has 0 radical (unpaired) electrons. The average Bonchev–Trinajstić information content (AvgIpc) is 2.34. The number of rotatable bonds is 3. The number of benzene rings is 1. The Morgan fingerprint density at radius 3 is 2.63 bits per heavy atom. The molecule has 2 aromatic rings. The fourth-order valence-corrected chi connectivity index (χ4v) is 2.03. The SMILES string of the molecule is CC(C)(C)N(CC(=O)O)c1cnnc2ccccc12. The molecule has 0 spiro atoms. The van der Waals surface area contributed by atoms with Gasteiger partial charge in [-0.15, -0.1) is 0 Å². The van der Waals surface area contributed by atoms with E-state index in [1.807, 2.05) is 49.9 Å². The predicted octanol–water partition coefficient (Wildman–Crippen LogP) is 2.32. The van der Waals surface area contributed by atoms with E-state index in [0.717, 1.165) is 16.6 Å². The van der Waals surface area contributed by atoms with Crippen molar-refractivity contribution in [3.8, 4) is 0 Å². The zero-order valence-corrected chi connectivity index (χ0v) is 11.3. The minimum absolute atomic E-state index is 0.0703. The summed E-state index contributed by atoms with van der Waals surface area (Å²) in [5, 5.41) is 18.0. The van der Waals surface area contributed by atoms with Crippen LogP contribution >= 0.6 is 0 Å². The fraction of sp³-hybridized carbons (Fsp3) is 0.357. The predicted molar refractivity (Wildman–Crippen MR) is 74.3 cm³/mol. The quantitative estimate of drug-likeness (QED) is 0.916. The molecule has 0 bridgehead atoms. The molecule has 0 aliphatic heterocycles. The lowest BCUT2D eigenvalue weighted by Gasteiger charge is -2.36. The lowest BCUT2D eigenvalue weighted by Crippen LogP contribution is -2.44. The molecule has 1 heterocycles. The zero-order valence-electron chi connectivity index (χ0n) is 11.3. The van der Waals surface area contributed by atoms with Crippen LogP contribution in [0.2, 0.25) is 0 Å². The van der Waals surface area contributed by atoms with Crippen LogP contribution in [0.1, 0.15) is 20.8 Å². The topological polar surface area (TPSA) is 66.3 Å². The number of aromatic nitrogens is 2. The molecule has 0 fully saturated rings. The molecule has 0 saturated carbocycles. The van der Waals surface area contributed by atoms with E-state index in [2.05, 4.69) is 10.2 Å². The molecule has 0 aliphatic carbocycles. The number of carboxylic acids is 1. The van der Waals surface area contributed by atoms with Crippen LogP contribution in [0.3, 0.4) is 0 Å². The average molecular weight is 259 g/mol. The standard InChI is InChI=1S/C14H17N3O2/c1-14(2,3)17(9-13(18)19)12-8-15-16-11-7-5-4-6-10(11)12/h4-8H,9H2,1-3H3,(H,18,19). The van der Waals surface area contributed by atoms with Gasteiger partial charge in [0.1, 0.15) is 6.54 Å². The highest BCUT2D eigenvalue weighted by Gasteiger charge is 2.25. The van der Waals surface area contributed by atoms with Crippen LogP contribution in [0.5, 0.6) is 0 Å². The van der Waals surface area contributed by atoms with Gasteiger partial charge < -0.3 is 10.0 Å². The van der Waals surface area contributed by atoms with Crippen molar-refractivity contribution in [1.82, 2.24) is 10.2 Å². The molecule has 0 unspecified atom stereocenters. The minimum atomic E-state index is -0.865. The highest BCUT2D eigenvalue weighted by Crippen LogP contribution is 2.29. The van der Waals surface area contributed by atoms with E-state index in [0.29, 0.717) is 0 Å². The molecule has 19 heavy (non-hydrogen) atoms. The monoisotopic (exact) mass is 259 g/mol. The van der Waals surface area contributed by atoms with Gasteiger partial charge in [0.2, 0.25) is 0 Å². The summed E-state index contributed by atoms with van der Waals surface area (Å²) in [6.45, 7) is 5.86. The van der Waals surface area contributed by atoms with Gasteiger partial charge in [0.25, 0.3) is 0 Å². The summed E-state index contributed by atoms with van der Waals surface area (Å²) in [6.07, 6.45) is 1.62. The van der Waals surface area contributed by atoms with Crippen molar-refractivity contribution in [3.05, 3.63) is 30.5 Å². The molecule has 1 aromatic heterocycles. The van der Waals surface area contributed by atoms with Crippen molar-refractivity contribution < 1.29 is 9.90 Å². The van der Waals surface area contributed by atoms with E-state index in [4.69, 9.17) is 5.11 Å². The van der Waals surface area contributed by atoms with E-state index in [1.54, 1.807) is 6.20 Å². The maximum atomic E-state index is 11.1. The highest BCUT2D eigenvalue weighted by atomic mass is 16.4. The molecule has 5 heteroatoms. The summed E-state index contributed by atoms with van der Waals surface area (Å²) < 4.78 is 0. The first-order chi connectivity index (χ1) is 8.89. The van der Waals surface area contributed by atoms with Gasteiger partial charge in [-0.3, -0.25) is 4.79 Å². The molecule has 0 atom stereocenters. The highest BCUT2D eigenvalue weighted by molar-refractivity contribution is 5.92. The Morgan fingerprint density at radius 1 is 1.32 bits per heavy atom. The first kappa shape index (κ1) is 13.3. The molecule has 0 saturated heterocycles. The summed E-state index contributed by atoms with van der Waals surface area (Å²) in [5.74, 6) is -0.865. The molecular weight excluding hydrogens is 242 g/mol. The second-order valence-corrected chi connectivity index (χ2v) is 5.40. The van der Waals surface area contributed by atoms with Crippen molar-refractivity contribution in [2.75, 3.05) is 11.4 Å². The number of carbonyl (C=O) groups is 1. The van der Waals surface area contributed by atoms with Crippen molar-refractivity contribution in [2.24, 2.45) is 0 Å². The maximum Gasteiger partial charge on any atom is 0.323 e. The number of aliphatic carboxylic acids is 1. The second-order valence-electron chi connectivity index (χ2n) is 5.40. The summed E-state index contributed by atoms with van der Waals surface area (Å²) in [4.78, 5) is 12.9. The Hall–Kier alpha value is -2.17. The Balaban J connectivity index is 2.59. The Morgan fingerprint density at radius 2 is 2.00 bits per heavy atom. The number of hydrogen-bond donors (Lipinski definition) is 1. The number of carboxylic acid groups (broad SMARTS) is 1. The van der Waals surface area contributed by atoms with Gasteiger partial charge in [0.15, 0.2) is 0 Å². The summed E-state index contributed by atoms with van der Waals surface area (Å²) in [5.41, 5.74) is 1.24. The Labute approximate surface area is 111 Å². The van der Waals surface area contributed by atoms with Crippen LogP contribution in [-0.4, -0.2) is 33.4 Å². The zero-order chi connectivity index (χ0) is 14.0. The van der Waals surface area contributed by atoms with E-state index in [1.165, 1.54) is 0 Å². The van der Waals surface area contributed by atoms with E-state index < -0.39 is 5.97 Å². The maximum absolute atomic E-state index is 11.1. The van der Waals surface area contributed by atoms with E-state index in [9.17, 15) is 4.79 Å². The van der Waals surface area contributed by atoms with E-state index >= 15 is 0 Å². The number of nitrogens with zero attached hydrogens (tertiary/aromatic N) is 3. The van der Waals surface area contributed by atoms with Crippen molar-refractivity contribution >= 4 is 22.6 Å². The molecule has 0 amide bonds. The number of fused-ring (bicyclic) bond motifs is 1. The van der Waals surface area contributed by atoms with Gasteiger partial charge >= 0.3 is 5.97 Å². The normalized spacial score (nSPS) is 11.5. The molecular formula is C14H17N3O2. The third-order valence-electron chi connectivity index (χ3n) is 2.92. The third kappa shape index (κ3) is 2.81. The van der Waals surface area contributed by atoms with Crippen LogP contribution in [-0.2, 0) is 4.79 Å². The second kappa shape index (κ2) is 4.84. The molecule has 1 N–H and O–H groups in total. The first-order valence-corrected chi connectivity index (χ1v) is 6.09. The Kier molecular flexibility index (Phi) is 3.38. The molecule has 5 nitrogen and oxygen atoms in total. The van der Waals surface area contributed by atoms with Gasteiger partial charge in [-0.25, -0.2) is 0 Å².